The van der Waals surface area contributed by atoms with Crippen molar-refractivity contribution in [2.75, 3.05) is 6.54 Å². The maximum absolute atomic E-state index is 11.3. The highest BCUT2D eigenvalue weighted by Gasteiger charge is 2.15. The van der Waals surface area contributed by atoms with E-state index < -0.39 is 16.1 Å². The zero-order valence-corrected chi connectivity index (χ0v) is 7.87. The van der Waals surface area contributed by atoms with Crippen LogP contribution in [0, 0.1) is 0 Å². The Labute approximate surface area is 76.0 Å². The minimum atomic E-state index is -3.54. The first-order valence-electron chi connectivity index (χ1n) is 3.69. The van der Waals surface area contributed by atoms with Crippen molar-refractivity contribution in [1.82, 2.24) is 14.9 Å². The second-order valence-electron chi connectivity index (χ2n) is 2.62. The Hall–Kier alpha value is -0.920. The minimum absolute atomic E-state index is 0.00634. The van der Waals surface area contributed by atoms with Crippen LogP contribution in [0.15, 0.2) is 17.3 Å². The van der Waals surface area contributed by atoms with E-state index >= 15 is 0 Å². The highest BCUT2D eigenvalue weighted by Crippen LogP contribution is 2.01. The smallest absolute Gasteiger partial charge is 0.257 e. The van der Waals surface area contributed by atoms with Gasteiger partial charge in [0, 0.05) is 6.54 Å². The number of aliphatic hydroxyl groups excluding tert-OH is 1. The molecular weight excluding hydrogens is 194 g/mol. The average molecular weight is 205 g/mol. The van der Waals surface area contributed by atoms with Gasteiger partial charge in [-0.05, 0) is 13.0 Å². The highest BCUT2D eigenvalue weighted by molar-refractivity contribution is 7.89. The van der Waals surface area contributed by atoms with Crippen molar-refractivity contribution in [1.29, 1.82) is 0 Å². The lowest BCUT2D eigenvalue weighted by molar-refractivity contribution is 0.198. The van der Waals surface area contributed by atoms with Crippen molar-refractivity contribution < 1.29 is 13.5 Å². The van der Waals surface area contributed by atoms with E-state index in [2.05, 4.69) is 14.9 Å². The van der Waals surface area contributed by atoms with Crippen LogP contribution in [0.3, 0.4) is 0 Å². The number of H-pyrrole nitrogens is 1. The van der Waals surface area contributed by atoms with Gasteiger partial charge in [0.1, 0.15) is 0 Å². The molecule has 1 atom stereocenters. The number of sulfonamides is 1. The van der Waals surface area contributed by atoms with Crippen LogP contribution >= 0.6 is 0 Å². The lowest BCUT2D eigenvalue weighted by Crippen LogP contribution is -2.30. The summed E-state index contributed by atoms with van der Waals surface area (Å²) in [4.78, 5) is 0. The van der Waals surface area contributed by atoms with Crippen molar-refractivity contribution in [3.63, 3.8) is 0 Å². The third-order valence-electron chi connectivity index (χ3n) is 1.33. The molecule has 0 spiro atoms. The molecule has 0 fully saturated rings. The largest absolute Gasteiger partial charge is 0.392 e. The summed E-state index contributed by atoms with van der Waals surface area (Å²) in [5.41, 5.74) is 0. The minimum Gasteiger partial charge on any atom is -0.392 e. The Morgan fingerprint density at radius 1 is 1.77 bits per heavy atom. The van der Waals surface area contributed by atoms with Gasteiger partial charge in [-0.25, -0.2) is 13.1 Å². The molecule has 0 bridgehead atoms. The van der Waals surface area contributed by atoms with Crippen LogP contribution < -0.4 is 4.72 Å². The Balaban J connectivity index is 2.68. The SMILES string of the molecule is CC(O)CNS(=O)(=O)c1ccn[nH]1. The normalized spacial score (nSPS) is 14.3. The van der Waals surface area contributed by atoms with Crippen molar-refractivity contribution in [2.24, 2.45) is 0 Å². The summed E-state index contributed by atoms with van der Waals surface area (Å²) in [7, 11) is -3.54. The molecule has 0 amide bonds. The van der Waals surface area contributed by atoms with E-state index in [4.69, 9.17) is 5.11 Å². The van der Waals surface area contributed by atoms with Crippen LogP contribution in [-0.2, 0) is 10.0 Å². The number of aliphatic hydroxyl groups is 1. The first-order chi connectivity index (χ1) is 6.02. The molecule has 1 heterocycles. The summed E-state index contributed by atoms with van der Waals surface area (Å²) in [6.07, 6.45) is 0.634. The van der Waals surface area contributed by atoms with Gasteiger partial charge in [0.15, 0.2) is 5.03 Å². The molecule has 0 aliphatic carbocycles. The van der Waals surface area contributed by atoms with Gasteiger partial charge in [0.2, 0.25) is 0 Å². The Bertz CT molecular complexity index is 343. The van der Waals surface area contributed by atoms with Crippen LogP contribution in [0.1, 0.15) is 6.92 Å². The van der Waals surface area contributed by atoms with E-state index in [9.17, 15) is 8.42 Å². The molecule has 74 valence electrons. The van der Waals surface area contributed by atoms with Gasteiger partial charge >= 0.3 is 0 Å². The summed E-state index contributed by atoms with van der Waals surface area (Å²) in [5.74, 6) is 0. The Morgan fingerprint density at radius 2 is 2.46 bits per heavy atom. The average Bonchev–Trinajstić information content (AvgIpc) is 2.53. The number of nitrogens with zero attached hydrogens (tertiary/aromatic N) is 1. The summed E-state index contributed by atoms with van der Waals surface area (Å²) in [6, 6.07) is 1.34. The van der Waals surface area contributed by atoms with Crippen LogP contribution in [0.4, 0.5) is 0 Å². The number of hydrogen-bond donors (Lipinski definition) is 3. The maximum Gasteiger partial charge on any atom is 0.257 e. The van der Waals surface area contributed by atoms with Gasteiger partial charge in [-0.3, -0.25) is 5.10 Å². The van der Waals surface area contributed by atoms with Gasteiger partial charge in [0.05, 0.1) is 12.3 Å². The molecule has 0 aliphatic rings. The Morgan fingerprint density at radius 3 is 2.92 bits per heavy atom. The molecule has 6 nitrogen and oxygen atoms in total. The standard InChI is InChI=1S/C6H11N3O3S/c1-5(10)4-8-13(11,12)6-2-3-7-9-6/h2-3,5,8,10H,4H2,1H3,(H,7,9). The molecule has 1 unspecified atom stereocenters. The summed E-state index contributed by atoms with van der Waals surface area (Å²) >= 11 is 0. The monoisotopic (exact) mass is 205 g/mol. The van der Waals surface area contributed by atoms with E-state index in [-0.39, 0.29) is 11.6 Å². The third kappa shape index (κ3) is 2.79. The molecule has 1 aromatic heterocycles. The lowest BCUT2D eigenvalue weighted by atomic mass is 10.4. The summed E-state index contributed by atoms with van der Waals surface area (Å²) in [5, 5.41) is 14.7. The van der Waals surface area contributed by atoms with Crippen molar-refractivity contribution >= 4 is 10.0 Å². The molecule has 0 aliphatic heterocycles. The predicted molar refractivity (Wildman–Crippen MR) is 45.5 cm³/mol. The van der Waals surface area contributed by atoms with E-state index in [1.807, 2.05) is 0 Å². The summed E-state index contributed by atoms with van der Waals surface area (Å²) in [6.45, 7) is 1.48. The molecule has 0 aromatic carbocycles. The first-order valence-corrected chi connectivity index (χ1v) is 5.18. The maximum atomic E-state index is 11.3. The summed E-state index contributed by atoms with van der Waals surface area (Å²) < 4.78 is 24.8. The number of rotatable bonds is 4. The fraction of sp³-hybridized carbons (Fsp3) is 0.500. The van der Waals surface area contributed by atoms with E-state index in [1.165, 1.54) is 19.2 Å². The molecule has 0 saturated carbocycles. The first kappa shape index (κ1) is 10.2. The van der Waals surface area contributed by atoms with Gasteiger partial charge in [-0.1, -0.05) is 0 Å². The lowest BCUT2D eigenvalue weighted by Gasteiger charge is -2.05. The zero-order chi connectivity index (χ0) is 9.90. The van der Waals surface area contributed by atoms with Crippen LogP contribution in [0.25, 0.3) is 0 Å². The van der Waals surface area contributed by atoms with E-state index in [1.54, 1.807) is 0 Å². The van der Waals surface area contributed by atoms with Crippen LogP contribution in [-0.4, -0.2) is 36.4 Å². The molecular formula is C6H11N3O3S. The molecule has 1 rings (SSSR count). The molecule has 13 heavy (non-hydrogen) atoms. The second kappa shape index (κ2) is 3.86. The van der Waals surface area contributed by atoms with Gasteiger partial charge in [-0.2, -0.15) is 5.10 Å². The molecule has 1 aromatic rings. The van der Waals surface area contributed by atoms with Crippen molar-refractivity contribution in [3.8, 4) is 0 Å². The number of hydrogen-bond acceptors (Lipinski definition) is 4. The number of aromatic nitrogens is 2. The van der Waals surface area contributed by atoms with Crippen LogP contribution in [0.2, 0.25) is 0 Å². The zero-order valence-electron chi connectivity index (χ0n) is 7.06. The fourth-order valence-corrected chi connectivity index (χ4v) is 1.73. The van der Waals surface area contributed by atoms with Crippen molar-refractivity contribution in [2.45, 2.75) is 18.1 Å². The van der Waals surface area contributed by atoms with E-state index in [0.29, 0.717) is 0 Å². The van der Waals surface area contributed by atoms with Gasteiger partial charge in [-0.15, -0.1) is 0 Å². The van der Waals surface area contributed by atoms with Gasteiger partial charge < -0.3 is 5.11 Å². The third-order valence-corrected chi connectivity index (χ3v) is 2.69. The van der Waals surface area contributed by atoms with E-state index in [0.717, 1.165) is 0 Å². The molecule has 3 N–H and O–H groups in total. The molecule has 0 radical (unpaired) electrons. The number of nitrogens with one attached hydrogen (secondary N) is 2. The highest BCUT2D eigenvalue weighted by atomic mass is 32.2. The number of aromatic amines is 1. The van der Waals surface area contributed by atoms with Crippen molar-refractivity contribution in [3.05, 3.63) is 12.3 Å². The molecule has 0 saturated heterocycles. The topological polar surface area (TPSA) is 95.1 Å². The molecule has 7 heteroatoms. The van der Waals surface area contributed by atoms with Gasteiger partial charge in [0.25, 0.3) is 10.0 Å². The second-order valence-corrected chi connectivity index (χ2v) is 4.36. The van der Waals surface area contributed by atoms with Crippen LogP contribution in [0.5, 0.6) is 0 Å². The predicted octanol–water partition coefficient (Wildman–Crippen LogP) is -0.931. The Kier molecular flexibility index (Phi) is 3.02. The fourth-order valence-electron chi connectivity index (χ4n) is 0.701. The quantitative estimate of drug-likeness (QED) is 0.591.